The van der Waals surface area contributed by atoms with Crippen molar-refractivity contribution in [2.24, 2.45) is 0 Å². The van der Waals surface area contributed by atoms with E-state index in [1.54, 1.807) is 0 Å². The molecule has 0 heterocycles. The highest BCUT2D eigenvalue weighted by atomic mass is 79.9. The van der Waals surface area contributed by atoms with E-state index in [1.807, 2.05) is 0 Å². The Morgan fingerprint density at radius 2 is 1.62 bits per heavy atom. The Hall–Kier alpha value is -1.45. The minimum atomic E-state index is -5.25. The molecule has 118 valence electrons. The summed E-state index contributed by atoms with van der Waals surface area (Å²) < 4.78 is 80.7. The molecule has 1 rings (SSSR count). The number of Topliss-reactive ketones (excluding diaryl/α,β-unsaturated/α-hetero) is 1. The van der Waals surface area contributed by atoms with Crippen molar-refractivity contribution >= 4 is 21.7 Å². The zero-order valence-electron chi connectivity index (χ0n) is 10.2. The molecular weight excluding hydrogens is 374 g/mol. The summed E-state index contributed by atoms with van der Waals surface area (Å²) in [6.07, 6.45) is -10.5. The number of halogens is 7. The van der Waals surface area contributed by atoms with Gasteiger partial charge in [-0.15, -0.1) is 26.3 Å². The number of ketones is 1. The van der Waals surface area contributed by atoms with Gasteiger partial charge in [-0.1, -0.05) is 28.1 Å². The van der Waals surface area contributed by atoms with Crippen LogP contribution in [0.15, 0.2) is 18.2 Å². The first-order chi connectivity index (χ1) is 9.41. The number of para-hydroxylation sites is 1. The van der Waals surface area contributed by atoms with E-state index in [9.17, 15) is 31.1 Å². The van der Waals surface area contributed by atoms with E-state index in [-0.39, 0.29) is 0 Å². The topological polar surface area (TPSA) is 35.5 Å². The van der Waals surface area contributed by atoms with Gasteiger partial charge in [0.25, 0.3) is 0 Å². The first kappa shape index (κ1) is 17.6. The van der Waals surface area contributed by atoms with Crippen molar-refractivity contribution in [3.05, 3.63) is 23.8 Å². The summed E-state index contributed by atoms with van der Waals surface area (Å²) in [6, 6.07) is 2.68. The molecule has 0 aliphatic carbocycles. The van der Waals surface area contributed by atoms with Crippen molar-refractivity contribution in [2.45, 2.75) is 24.5 Å². The summed E-state index contributed by atoms with van der Waals surface area (Å²) in [5.74, 6) is -3.03. The molecule has 10 heteroatoms. The van der Waals surface area contributed by atoms with Crippen LogP contribution >= 0.6 is 15.9 Å². The van der Waals surface area contributed by atoms with Gasteiger partial charge in [0.1, 0.15) is 10.6 Å². The number of benzene rings is 1. The van der Waals surface area contributed by atoms with Gasteiger partial charge in [-0.3, -0.25) is 4.79 Å². The second-order valence-electron chi connectivity index (χ2n) is 3.74. The summed E-state index contributed by atoms with van der Waals surface area (Å²) >= 11 is 2.79. The molecule has 0 spiro atoms. The molecule has 0 aromatic heterocycles. The van der Waals surface area contributed by atoms with Crippen molar-refractivity contribution in [2.75, 3.05) is 0 Å². The minimum Gasteiger partial charge on any atom is -0.402 e. The number of hydrogen-bond donors (Lipinski definition) is 0. The fraction of sp³-hybridized carbons (Fsp3) is 0.364. The van der Waals surface area contributed by atoms with Gasteiger partial charge < -0.3 is 9.47 Å². The van der Waals surface area contributed by atoms with Crippen LogP contribution in [0, 0.1) is 0 Å². The largest absolute Gasteiger partial charge is 0.573 e. The van der Waals surface area contributed by atoms with Crippen LogP contribution in [0.5, 0.6) is 11.5 Å². The Labute approximate surface area is 123 Å². The molecule has 0 bridgehead atoms. The molecule has 0 aliphatic rings. The number of alkyl halides is 7. The Morgan fingerprint density at radius 3 is 2.05 bits per heavy atom. The number of carbonyl (C=O) groups excluding carboxylic acids is 1. The Balaban J connectivity index is 3.37. The fourth-order valence-corrected chi connectivity index (χ4v) is 1.74. The minimum absolute atomic E-state index is 0.429. The molecular formula is C11H7BrF6O3. The second-order valence-corrected chi connectivity index (χ2v) is 4.66. The van der Waals surface area contributed by atoms with Crippen molar-refractivity contribution in [3.63, 3.8) is 0 Å². The predicted octanol–water partition coefficient (Wildman–Crippen LogP) is 4.51. The van der Waals surface area contributed by atoms with Crippen LogP contribution in [-0.2, 0) is 4.79 Å². The number of hydrogen-bond acceptors (Lipinski definition) is 3. The van der Waals surface area contributed by atoms with Gasteiger partial charge >= 0.3 is 12.7 Å². The number of rotatable bonds is 4. The molecule has 0 amide bonds. The normalized spacial score (nSPS) is 13.7. The summed E-state index contributed by atoms with van der Waals surface area (Å²) in [7, 11) is 0. The highest BCUT2D eigenvalue weighted by molar-refractivity contribution is 9.09. The Bertz CT molecular complexity index is 526. The Kier molecular flexibility index (Phi) is 5.13. The smallest absolute Gasteiger partial charge is 0.402 e. The summed E-state index contributed by atoms with van der Waals surface area (Å²) in [5, 5.41) is 0. The zero-order chi connectivity index (χ0) is 16.4. The van der Waals surface area contributed by atoms with Gasteiger partial charge in [0, 0.05) is 5.56 Å². The lowest BCUT2D eigenvalue weighted by Gasteiger charge is -2.19. The van der Waals surface area contributed by atoms with E-state index in [1.165, 1.54) is 0 Å². The highest BCUT2D eigenvalue weighted by Gasteiger charge is 2.38. The average molecular weight is 381 g/mol. The van der Waals surface area contributed by atoms with Gasteiger partial charge in [-0.05, 0) is 13.0 Å². The standard InChI is InChI=1S/C11H7BrF6O3/c1-5(19)8(12)6-3-2-4-7(20-10(13,14)15)9(6)21-11(16,17)18/h2-4,8H,1H3. The van der Waals surface area contributed by atoms with Gasteiger partial charge in [-0.2, -0.15) is 0 Å². The lowest BCUT2D eigenvalue weighted by Crippen LogP contribution is -2.22. The zero-order valence-corrected chi connectivity index (χ0v) is 11.8. The lowest BCUT2D eigenvalue weighted by molar-refractivity contribution is -0.287. The molecule has 1 aromatic rings. The fourth-order valence-electron chi connectivity index (χ4n) is 1.38. The third kappa shape index (κ3) is 5.44. The number of ether oxygens (including phenoxy) is 2. The molecule has 0 fully saturated rings. The van der Waals surface area contributed by atoms with E-state index in [4.69, 9.17) is 0 Å². The van der Waals surface area contributed by atoms with Gasteiger partial charge in [0.05, 0.1) is 0 Å². The molecule has 1 aromatic carbocycles. The maximum atomic E-state index is 12.3. The van der Waals surface area contributed by atoms with Crippen LogP contribution in [0.25, 0.3) is 0 Å². The van der Waals surface area contributed by atoms with E-state index in [2.05, 4.69) is 25.4 Å². The predicted molar refractivity (Wildman–Crippen MR) is 62.2 cm³/mol. The van der Waals surface area contributed by atoms with Crippen molar-refractivity contribution < 1.29 is 40.6 Å². The summed E-state index contributed by atoms with van der Waals surface area (Å²) in [4.78, 5) is 9.94. The van der Waals surface area contributed by atoms with Gasteiger partial charge in [0.15, 0.2) is 11.5 Å². The number of carbonyl (C=O) groups is 1. The molecule has 1 unspecified atom stereocenters. The SMILES string of the molecule is CC(=O)C(Br)c1cccc(OC(F)(F)F)c1OC(F)(F)F. The first-order valence-corrected chi connectivity index (χ1v) is 6.11. The molecule has 1 atom stereocenters. The summed E-state index contributed by atoms with van der Waals surface area (Å²) in [5.41, 5.74) is -0.429. The molecule has 0 saturated heterocycles. The Morgan fingerprint density at radius 1 is 1.10 bits per heavy atom. The lowest BCUT2D eigenvalue weighted by atomic mass is 10.1. The molecule has 0 radical (unpaired) electrons. The molecule has 0 saturated carbocycles. The van der Waals surface area contributed by atoms with E-state index >= 15 is 0 Å². The van der Waals surface area contributed by atoms with Gasteiger partial charge in [0.2, 0.25) is 0 Å². The van der Waals surface area contributed by atoms with Gasteiger partial charge in [-0.25, -0.2) is 0 Å². The average Bonchev–Trinajstić information content (AvgIpc) is 2.26. The van der Waals surface area contributed by atoms with Crippen LogP contribution in [0.2, 0.25) is 0 Å². The van der Waals surface area contributed by atoms with Crippen LogP contribution in [0.3, 0.4) is 0 Å². The first-order valence-electron chi connectivity index (χ1n) is 5.19. The summed E-state index contributed by atoms with van der Waals surface area (Å²) in [6.45, 7) is 1.05. The quantitative estimate of drug-likeness (QED) is 0.569. The van der Waals surface area contributed by atoms with Crippen molar-refractivity contribution in [3.8, 4) is 11.5 Å². The van der Waals surface area contributed by atoms with Crippen LogP contribution < -0.4 is 9.47 Å². The van der Waals surface area contributed by atoms with Crippen molar-refractivity contribution in [1.29, 1.82) is 0 Å². The molecule has 0 aliphatic heterocycles. The molecule has 21 heavy (non-hydrogen) atoms. The monoisotopic (exact) mass is 380 g/mol. The van der Waals surface area contributed by atoms with E-state index in [0.29, 0.717) is 6.07 Å². The van der Waals surface area contributed by atoms with Crippen LogP contribution in [-0.4, -0.2) is 18.5 Å². The third-order valence-corrected chi connectivity index (χ3v) is 3.22. The second kappa shape index (κ2) is 6.12. The maximum absolute atomic E-state index is 12.3. The van der Waals surface area contributed by atoms with E-state index < -0.39 is 40.4 Å². The molecule has 3 nitrogen and oxygen atoms in total. The maximum Gasteiger partial charge on any atom is 0.573 e. The van der Waals surface area contributed by atoms with Crippen LogP contribution in [0.4, 0.5) is 26.3 Å². The van der Waals surface area contributed by atoms with E-state index in [0.717, 1.165) is 19.1 Å². The van der Waals surface area contributed by atoms with Crippen LogP contribution in [0.1, 0.15) is 17.3 Å². The third-order valence-electron chi connectivity index (χ3n) is 2.08. The molecule has 0 N–H and O–H groups in total. The highest BCUT2D eigenvalue weighted by Crippen LogP contribution is 2.43. The van der Waals surface area contributed by atoms with Crippen molar-refractivity contribution in [1.82, 2.24) is 0 Å².